The summed E-state index contributed by atoms with van der Waals surface area (Å²) in [6.07, 6.45) is 2.87. The normalized spacial score (nSPS) is 19.4. The van der Waals surface area contributed by atoms with E-state index < -0.39 is 41.8 Å². The quantitative estimate of drug-likeness (QED) is 0.129. The zero-order valence-electron chi connectivity index (χ0n) is 30.8. The standard InChI is InChI=1S/C36H50N5O10PS/c1-6-32-25(4)22-41(33(32)42)36(45)37-21-20-27-14-18-31(19-15-27)53(47,48)40-35(44)38-29-16-12-28(13-17-29)23-49-52(46,51-30-10-8-7-9-11-30)39-26(5)34(43)50-24(2)3/h7-11,14-15,18-19,24,26,28-29H,6,12-13,16-17,20-23H2,1-5H3,(H,37,45)(H,39,46)(H2,38,40,44)/t26-,28?,29?,52+/m0/s1. The Hall–Kier alpha value is -4.24. The van der Waals surface area contributed by atoms with Crippen molar-refractivity contribution in [3.8, 4) is 5.75 Å². The molecule has 1 aliphatic carbocycles. The number of para-hydroxylation sites is 1. The lowest BCUT2D eigenvalue weighted by molar-refractivity contribution is -0.149. The van der Waals surface area contributed by atoms with Crippen LogP contribution in [0.4, 0.5) is 9.59 Å². The van der Waals surface area contributed by atoms with E-state index in [-0.39, 0.29) is 48.6 Å². The van der Waals surface area contributed by atoms with E-state index in [4.69, 9.17) is 13.8 Å². The first-order valence-corrected chi connectivity index (χ1v) is 20.8. The third-order valence-electron chi connectivity index (χ3n) is 8.85. The highest BCUT2D eigenvalue weighted by atomic mass is 32.2. The van der Waals surface area contributed by atoms with Crippen LogP contribution in [-0.4, -0.2) is 75.1 Å². The average Bonchev–Trinajstić information content (AvgIpc) is 3.40. The van der Waals surface area contributed by atoms with Crippen LogP contribution in [-0.2, 0) is 39.9 Å². The van der Waals surface area contributed by atoms with Crippen molar-refractivity contribution in [3.05, 3.63) is 71.3 Å². The van der Waals surface area contributed by atoms with Gasteiger partial charge in [-0.15, -0.1) is 0 Å². The Labute approximate surface area is 311 Å². The molecule has 4 N–H and O–H groups in total. The van der Waals surface area contributed by atoms with E-state index in [1.54, 1.807) is 56.3 Å². The Bertz CT molecular complexity index is 1800. The number of nitrogens with one attached hydrogen (secondary N) is 4. The smallest absolute Gasteiger partial charge is 0.459 e. The van der Waals surface area contributed by atoms with Gasteiger partial charge in [0.15, 0.2) is 0 Å². The highest BCUT2D eigenvalue weighted by Crippen LogP contribution is 2.46. The Morgan fingerprint density at radius 2 is 1.64 bits per heavy atom. The first-order chi connectivity index (χ1) is 25.1. The summed E-state index contributed by atoms with van der Waals surface area (Å²) in [5, 5.41) is 8.13. The van der Waals surface area contributed by atoms with Crippen LogP contribution in [0.5, 0.6) is 5.75 Å². The summed E-state index contributed by atoms with van der Waals surface area (Å²) >= 11 is 0. The van der Waals surface area contributed by atoms with Crippen molar-refractivity contribution in [2.24, 2.45) is 5.92 Å². The highest BCUT2D eigenvalue weighted by molar-refractivity contribution is 7.90. The minimum absolute atomic E-state index is 0.0306. The molecule has 290 valence electrons. The van der Waals surface area contributed by atoms with Crippen LogP contribution in [0.2, 0.25) is 0 Å². The van der Waals surface area contributed by atoms with Gasteiger partial charge in [-0.25, -0.2) is 27.3 Å². The summed E-state index contributed by atoms with van der Waals surface area (Å²) in [4.78, 5) is 51.1. The van der Waals surface area contributed by atoms with Crippen molar-refractivity contribution in [2.75, 3.05) is 19.7 Å². The van der Waals surface area contributed by atoms with Crippen molar-refractivity contribution in [2.45, 2.75) is 96.2 Å². The van der Waals surface area contributed by atoms with E-state index in [9.17, 15) is 32.2 Å². The molecule has 0 radical (unpaired) electrons. The molecule has 2 atom stereocenters. The molecule has 53 heavy (non-hydrogen) atoms. The highest BCUT2D eigenvalue weighted by Gasteiger charge is 2.35. The third kappa shape index (κ3) is 12.1. The van der Waals surface area contributed by atoms with Crippen LogP contribution in [0.3, 0.4) is 0 Å². The van der Waals surface area contributed by atoms with Crippen molar-refractivity contribution < 1.29 is 45.9 Å². The summed E-state index contributed by atoms with van der Waals surface area (Å²) < 4.78 is 58.4. The molecule has 0 aromatic heterocycles. The molecule has 1 heterocycles. The molecule has 0 unspecified atom stereocenters. The Morgan fingerprint density at radius 3 is 2.25 bits per heavy atom. The summed E-state index contributed by atoms with van der Waals surface area (Å²) in [5.74, 6) is -0.610. The number of hydrogen-bond acceptors (Lipinski definition) is 10. The number of esters is 1. The van der Waals surface area contributed by atoms with Crippen LogP contribution >= 0.6 is 7.75 Å². The van der Waals surface area contributed by atoms with E-state index in [2.05, 4.69) is 20.4 Å². The van der Waals surface area contributed by atoms with Gasteiger partial charge in [-0.05, 0) is 108 Å². The molecule has 1 fully saturated rings. The maximum Gasteiger partial charge on any atom is 0.459 e. The second-order valence-corrected chi connectivity index (χ2v) is 16.8. The number of ether oxygens (including phenoxy) is 1. The van der Waals surface area contributed by atoms with Gasteiger partial charge < -0.3 is 19.9 Å². The SMILES string of the molecule is CCC1=C(C)CN(C(=O)NCCc2ccc(S(=O)(=O)NC(=O)NC3CCC(CO[P@](=O)(N[C@@H](C)C(=O)OC(C)C)Oc4ccccc4)CC3)cc2)C1=O. The molecule has 0 bridgehead atoms. The minimum Gasteiger partial charge on any atom is -0.462 e. The molecule has 17 heteroatoms. The van der Waals surface area contributed by atoms with Crippen LogP contribution < -0.4 is 25.0 Å². The third-order valence-corrected chi connectivity index (χ3v) is 11.8. The number of carbonyl (C=O) groups excluding carboxylic acids is 4. The fourth-order valence-electron chi connectivity index (χ4n) is 6.02. The topological polar surface area (TPSA) is 199 Å². The Balaban J connectivity index is 1.21. The number of sulfonamides is 1. The van der Waals surface area contributed by atoms with Gasteiger partial charge in [0.25, 0.3) is 15.9 Å². The zero-order valence-corrected chi connectivity index (χ0v) is 32.5. The summed E-state index contributed by atoms with van der Waals surface area (Å²) in [5.41, 5.74) is 2.29. The molecule has 2 aromatic carbocycles. The fourth-order valence-corrected chi connectivity index (χ4v) is 8.50. The molecule has 0 spiro atoms. The Morgan fingerprint density at radius 1 is 0.981 bits per heavy atom. The molecular formula is C36H50N5O10PS. The van der Waals surface area contributed by atoms with Crippen molar-refractivity contribution >= 4 is 41.7 Å². The van der Waals surface area contributed by atoms with Gasteiger partial charge in [0.2, 0.25) is 0 Å². The predicted octanol–water partition coefficient (Wildman–Crippen LogP) is 5.19. The van der Waals surface area contributed by atoms with Crippen molar-refractivity contribution in [3.63, 3.8) is 0 Å². The van der Waals surface area contributed by atoms with Gasteiger partial charge >= 0.3 is 25.8 Å². The molecule has 15 nitrogen and oxygen atoms in total. The minimum atomic E-state index is -4.16. The number of carbonyl (C=O) groups is 4. The molecule has 5 amide bonds. The van der Waals surface area contributed by atoms with E-state index in [1.165, 1.54) is 24.0 Å². The van der Waals surface area contributed by atoms with E-state index in [0.717, 1.165) is 11.1 Å². The summed E-state index contributed by atoms with van der Waals surface area (Å²) in [6, 6.07) is 11.8. The lowest BCUT2D eigenvalue weighted by Gasteiger charge is -2.30. The molecule has 0 saturated heterocycles. The molecule has 2 aromatic rings. The number of urea groups is 2. The first-order valence-electron chi connectivity index (χ1n) is 17.8. The van der Waals surface area contributed by atoms with Gasteiger partial charge in [0.05, 0.1) is 24.2 Å². The van der Waals surface area contributed by atoms with Crippen molar-refractivity contribution in [1.82, 2.24) is 25.3 Å². The average molecular weight is 776 g/mol. The zero-order chi connectivity index (χ0) is 38.8. The summed E-state index contributed by atoms with van der Waals surface area (Å²) in [6.45, 7) is 9.22. The number of imide groups is 1. The molecular weight excluding hydrogens is 725 g/mol. The lowest BCUT2D eigenvalue weighted by atomic mass is 9.87. The first kappa shape index (κ1) is 41.5. The van der Waals surface area contributed by atoms with Gasteiger partial charge in [0.1, 0.15) is 11.8 Å². The van der Waals surface area contributed by atoms with Gasteiger partial charge in [-0.1, -0.05) is 37.3 Å². The van der Waals surface area contributed by atoms with E-state index in [0.29, 0.717) is 49.8 Å². The molecule has 4 rings (SSSR count). The number of amides is 5. The van der Waals surface area contributed by atoms with Crippen molar-refractivity contribution in [1.29, 1.82) is 0 Å². The van der Waals surface area contributed by atoms with E-state index in [1.807, 2.05) is 13.8 Å². The van der Waals surface area contributed by atoms with Gasteiger partial charge in [-0.3, -0.25) is 19.0 Å². The van der Waals surface area contributed by atoms with Crippen LogP contribution in [0.15, 0.2) is 70.6 Å². The molecule has 1 saturated carbocycles. The fraction of sp³-hybridized carbons (Fsp3) is 0.500. The molecule has 2 aliphatic rings. The van der Waals surface area contributed by atoms with Crippen LogP contribution in [0, 0.1) is 5.92 Å². The Kier molecular flexibility index (Phi) is 14.6. The lowest BCUT2D eigenvalue weighted by Crippen LogP contribution is -2.45. The maximum atomic E-state index is 13.7. The van der Waals surface area contributed by atoms with Crippen LogP contribution in [0.1, 0.15) is 72.3 Å². The van der Waals surface area contributed by atoms with Gasteiger partial charge in [-0.2, -0.15) is 5.09 Å². The van der Waals surface area contributed by atoms with Crippen LogP contribution in [0.25, 0.3) is 0 Å². The largest absolute Gasteiger partial charge is 0.462 e. The predicted molar refractivity (Wildman–Crippen MR) is 197 cm³/mol. The maximum absolute atomic E-state index is 13.7. The second-order valence-electron chi connectivity index (χ2n) is 13.5. The molecule has 1 aliphatic heterocycles. The van der Waals surface area contributed by atoms with E-state index >= 15 is 0 Å². The summed E-state index contributed by atoms with van der Waals surface area (Å²) in [7, 11) is -8.17. The number of rotatable bonds is 16. The van der Waals surface area contributed by atoms with Gasteiger partial charge in [0, 0.05) is 18.2 Å². The second kappa shape index (κ2) is 18.7. The number of nitrogens with zero attached hydrogens (tertiary/aromatic N) is 1. The number of benzene rings is 2. The number of hydrogen-bond donors (Lipinski definition) is 4. The monoisotopic (exact) mass is 775 g/mol.